The molecule has 10 nitrogen and oxygen atoms in total. The van der Waals surface area contributed by atoms with E-state index >= 15 is 0 Å². The quantitative estimate of drug-likeness (QED) is 0.675. The Bertz CT molecular complexity index is 1130. The third-order valence-electron chi connectivity index (χ3n) is 5.71. The fraction of sp³-hybridized carbons (Fsp3) is 0.526. The predicted molar refractivity (Wildman–Crippen MR) is 111 cm³/mol. The highest BCUT2D eigenvalue weighted by Gasteiger charge is 2.34. The summed E-state index contributed by atoms with van der Waals surface area (Å²) in [6.45, 7) is 5.59. The van der Waals surface area contributed by atoms with Crippen LogP contribution in [-0.4, -0.2) is 55.0 Å². The fourth-order valence-corrected chi connectivity index (χ4v) is 5.08. The zero-order valence-corrected chi connectivity index (χ0v) is 17.6. The van der Waals surface area contributed by atoms with E-state index in [4.69, 9.17) is 0 Å². The van der Waals surface area contributed by atoms with Crippen LogP contribution in [-0.2, 0) is 11.2 Å². The normalized spacial score (nSPS) is 19.1. The Labute approximate surface area is 176 Å². The molecule has 1 N–H and O–H groups in total. The average Bonchev–Trinajstić information content (AvgIpc) is 3.33. The van der Waals surface area contributed by atoms with E-state index in [1.54, 1.807) is 0 Å². The van der Waals surface area contributed by atoms with Crippen LogP contribution in [0.5, 0.6) is 0 Å². The van der Waals surface area contributed by atoms with Gasteiger partial charge in [0.25, 0.3) is 0 Å². The Hall–Kier alpha value is -2.95. The highest BCUT2D eigenvalue weighted by molar-refractivity contribution is 7.17. The van der Waals surface area contributed by atoms with Gasteiger partial charge in [0.05, 0.1) is 10.6 Å². The van der Waals surface area contributed by atoms with Gasteiger partial charge in [-0.15, -0.1) is 14.8 Å². The summed E-state index contributed by atoms with van der Waals surface area (Å²) in [5.74, 6) is 0.796. The number of ketones is 1. The molecule has 0 spiro atoms. The molecular formula is C19H22N8O2S. The third-order valence-corrected chi connectivity index (χ3v) is 6.77. The topological polar surface area (TPSA) is 118 Å². The molecule has 2 aliphatic rings. The molecule has 0 bridgehead atoms. The van der Waals surface area contributed by atoms with Crippen LogP contribution in [0.1, 0.15) is 48.5 Å². The average molecular weight is 427 g/mol. The number of anilines is 2. The lowest BCUT2D eigenvalue weighted by atomic mass is 9.78. The molecular weight excluding hydrogens is 404 g/mol. The van der Waals surface area contributed by atoms with Crippen LogP contribution in [0.3, 0.4) is 0 Å². The first-order chi connectivity index (χ1) is 14.4. The van der Waals surface area contributed by atoms with Gasteiger partial charge in [-0.1, -0.05) is 25.2 Å². The Morgan fingerprint density at radius 2 is 2.03 bits per heavy atom. The SMILES string of the molecule is CC1(C)CC(=O)c2sc(NC(=O)C3CCN(c4ccc5nnnn5n4)CC3)nc2C1. The number of carbonyl (C=O) groups excluding carboxylic acids is 2. The van der Waals surface area contributed by atoms with Gasteiger partial charge < -0.3 is 10.2 Å². The lowest BCUT2D eigenvalue weighted by Gasteiger charge is -2.31. The second kappa shape index (κ2) is 7.08. The van der Waals surface area contributed by atoms with Crippen molar-refractivity contribution in [1.29, 1.82) is 0 Å². The summed E-state index contributed by atoms with van der Waals surface area (Å²) >= 11 is 1.30. The van der Waals surface area contributed by atoms with Gasteiger partial charge in [0.15, 0.2) is 22.4 Å². The van der Waals surface area contributed by atoms with Gasteiger partial charge in [0.2, 0.25) is 5.91 Å². The van der Waals surface area contributed by atoms with E-state index in [0.29, 0.717) is 22.1 Å². The molecule has 1 saturated heterocycles. The molecule has 5 rings (SSSR count). The van der Waals surface area contributed by atoms with Crippen LogP contribution in [0.25, 0.3) is 5.65 Å². The number of hydrogen-bond donors (Lipinski definition) is 1. The molecule has 1 fully saturated rings. The first-order valence-electron chi connectivity index (χ1n) is 10.0. The first-order valence-corrected chi connectivity index (χ1v) is 10.8. The molecule has 3 aromatic heterocycles. The molecule has 4 heterocycles. The van der Waals surface area contributed by atoms with E-state index in [-0.39, 0.29) is 23.0 Å². The van der Waals surface area contributed by atoms with Crippen molar-refractivity contribution < 1.29 is 9.59 Å². The fourth-order valence-electron chi connectivity index (χ4n) is 4.16. The standard InChI is InChI=1S/C19H22N8O2S/c1-19(2)9-12-16(13(28)10-19)30-18(20-12)21-17(29)11-5-7-26(8-6-11)15-4-3-14-22-24-25-27(14)23-15/h3-4,11H,5-10H2,1-2H3,(H,20,21,29). The molecule has 0 atom stereocenters. The number of hydrogen-bond acceptors (Lipinski definition) is 9. The summed E-state index contributed by atoms with van der Waals surface area (Å²) in [5, 5.41) is 19.2. The van der Waals surface area contributed by atoms with Crippen molar-refractivity contribution in [2.45, 2.75) is 39.5 Å². The van der Waals surface area contributed by atoms with Gasteiger partial charge >= 0.3 is 0 Å². The summed E-state index contributed by atoms with van der Waals surface area (Å²) in [4.78, 5) is 32.5. The third kappa shape index (κ3) is 3.53. The van der Waals surface area contributed by atoms with Crippen LogP contribution in [0.2, 0.25) is 0 Å². The smallest absolute Gasteiger partial charge is 0.229 e. The molecule has 0 aromatic carbocycles. The highest BCUT2D eigenvalue weighted by Crippen LogP contribution is 2.38. The second-order valence-corrected chi connectivity index (χ2v) is 9.70. The molecule has 11 heteroatoms. The van der Waals surface area contributed by atoms with Gasteiger partial charge in [-0.2, -0.15) is 0 Å². The van der Waals surface area contributed by atoms with Gasteiger partial charge in [-0.3, -0.25) is 9.59 Å². The zero-order chi connectivity index (χ0) is 20.9. The van der Waals surface area contributed by atoms with E-state index in [2.05, 4.69) is 49.7 Å². The van der Waals surface area contributed by atoms with E-state index in [9.17, 15) is 9.59 Å². The van der Waals surface area contributed by atoms with Crippen molar-refractivity contribution in [3.8, 4) is 0 Å². The van der Waals surface area contributed by atoms with Gasteiger partial charge in [0.1, 0.15) is 0 Å². The minimum atomic E-state index is -0.0916. The molecule has 0 saturated carbocycles. The lowest BCUT2D eigenvalue weighted by Crippen LogP contribution is -2.38. The number of carbonyl (C=O) groups is 2. The van der Waals surface area contributed by atoms with Crippen LogP contribution in [0, 0.1) is 11.3 Å². The van der Waals surface area contributed by atoms with Crippen LogP contribution < -0.4 is 10.2 Å². The zero-order valence-electron chi connectivity index (χ0n) is 16.8. The molecule has 156 valence electrons. The minimum Gasteiger partial charge on any atom is -0.355 e. The summed E-state index contributed by atoms with van der Waals surface area (Å²) in [6.07, 6.45) is 2.73. The Balaban J connectivity index is 1.22. The number of amides is 1. The summed E-state index contributed by atoms with van der Waals surface area (Å²) in [6, 6.07) is 3.72. The van der Waals surface area contributed by atoms with Crippen molar-refractivity contribution in [2.24, 2.45) is 11.3 Å². The Kier molecular flexibility index (Phi) is 4.49. The minimum absolute atomic E-state index is 0.0312. The van der Waals surface area contributed by atoms with E-state index in [0.717, 1.165) is 43.9 Å². The van der Waals surface area contributed by atoms with E-state index < -0.39 is 0 Å². The number of tetrazole rings is 1. The molecule has 1 amide bonds. The number of thiazole rings is 1. The van der Waals surface area contributed by atoms with Crippen LogP contribution in [0.15, 0.2) is 12.1 Å². The van der Waals surface area contributed by atoms with E-state index in [1.807, 2.05) is 12.1 Å². The lowest BCUT2D eigenvalue weighted by molar-refractivity contribution is -0.120. The number of nitrogens with one attached hydrogen (secondary N) is 1. The van der Waals surface area contributed by atoms with Gasteiger partial charge in [0, 0.05) is 25.4 Å². The van der Waals surface area contributed by atoms with Crippen LogP contribution >= 0.6 is 11.3 Å². The molecule has 30 heavy (non-hydrogen) atoms. The van der Waals surface area contributed by atoms with Crippen molar-refractivity contribution in [1.82, 2.24) is 30.2 Å². The Morgan fingerprint density at radius 1 is 1.23 bits per heavy atom. The summed E-state index contributed by atoms with van der Waals surface area (Å²) < 4.78 is 1.40. The number of rotatable bonds is 3. The number of aromatic nitrogens is 6. The molecule has 3 aromatic rings. The van der Waals surface area contributed by atoms with Crippen LogP contribution in [0.4, 0.5) is 10.9 Å². The predicted octanol–water partition coefficient (Wildman–Crippen LogP) is 1.99. The second-order valence-electron chi connectivity index (χ2n) is 8.70. The molecule has 1 aliphatic carbocycles. The maximum Gasteiger partial charge on any atom is 0.229 e. The summed E-state index contributed by atoms with van der Waals surface area (Å²) in [5.41, 5.74) is 1.34. The number of nitrogens with zero attached hydrogens (tertiary/aromatic N) is 7. The Morgan fingerprint density at radius 3 is 2.83 bits per heavy atom. The maximum atomic E-state index is 12.8. The van der Waals surface area contributed by atoms with Crippen molar-refractivity contribution in [3.05, 3.63) is 22.7 Å². The van der Waals surface area contributed by atoms with Gasteiger partial charge in [-0.05, 0) is 47.2 Å². The highest BCUT2D eigenvalue weighted by atomic mass is 32.1. The monoisotopic (exact) mass is 426 g/mol. The number of fused-ring (bicyclic) bond motifs is 2. The molecule has 0 radical (unpaired) electrons. The first kappa shape index (κ1) is 19.0. The largest absolute Gasteiger partial charge is 0.355 e. The van der Waals surface area contributed by atoms with Crippen molar-refractivity contribution >= 4 is 39.6 Å². The van der Waals surface area contributed by atoms with E-state index in [1.165, 1.54) is 16.0 Å². The molecule has 1 aliphatic heterocycles. The summed E-state index contributed by atoms with van der Waals surface area (Å²) in [7, 11) is 0. The maximum absolute atomic E-state index is 12.8. The van der Waals surface area contributed by atoms with Crippen molar-refractivity contribution in [2.75, 3.05) is 23.3 Å². The van der Waals surface area contributed by atoms with Crippen molar-refractivity contribution in [3.63, 3.8) is 0 Å². The number of piperidine rings is 1. The van der Waals surface area contributed by atoms with Gasteiger partial charge in [-0.25, -0.2) is 4.98 Å². The molecule has 0 unspecified atom stereocenters. The number of Topliss-reactive ketones (excluding diaryl/α,β-unsaturated/α-hetero) is 1.